The van der Waals surface area contributed by atoms with Gasteiger partial charge in [-0.1, -0.05) is 65.7 Å². The second-order valence-electron chi connectivity index (χ2n) is 8.32. The van der Waals surface area contributed by atoms with Crippen LogP contribution in [0, 0.1) is 5.92 Å². The Morgan fingerprint density at radius 3 is 2.32 bits per heavy atom. The van der Waals surface area contributed by atoms with Crippen LogP contribution in [0.15, 0.2) is 49.0 Å². The van der Waals surface area contributed by atoms with Gasteiger partial charge in [0.1, 0.15) is 5.75 Å². The van der Waals surface area contributed by atoms with Gasteiger partial charge >= 0.3 is 0 Å². The van der Waals surface area contributed by atoms with E-state index in [9.17, 15) is 0 Å². The summed E-state index contributed by atoms with van der Waals surface area (Å²) < 4.78 is 11.5. The fourth-order valence-corrected chi connectivity index (χ4v) is 3.27. The SMILES string of the molecule is CCCCCC/C=C/Oc1ccc(-c2ncc(OCCCCC[C@@H](C)CC)cn2)cc1. The van der Waals surface area contributed by atoms with Gasteiger partial charge in [-0.2, -0.15) is 0 Å². The van der Waals surface area contributed by atoms with E-state index in [0.29, 0.717) is 5.82 Å². The minimum Gasteiger partial charge on any atom is -0.490 e. The highest BCUT2D eigenvalue weighted by Crippen LogP contribution is 2.21. The van der Waals surface area contributed by atoms with E-state index in [2.05, 4.69) is 36.8 Å². The van der Waals surface area contributed by atoms with Crippen molar-refractivity contribution in [2.75, 3.05) is 6.61 Å². The standard InChI is InChI=1S/C27H40N2O2/c1-4-6-7-8-9-12-19-30-25-17-15-24(16-18-25)27-28-21-26(22-29-27)31-20-13-10-11-14-23(3)5-2/h12,15-19,21-23H,4-11,13-14,20H2,1-3H3/b19-12+/t23-/m0/s1. The lowest BCUT2D eigenvalue weighted by Crippen LogP contribution is -2.00. The summed E-state index contributed by atoms with van der Waals surface area (Å²) in [5, 5.41) is 0. The summed E-state index contributed by atoms with van der Waals surface area (Å²) in [7, 11) is 0. The van der Waals surface area contributed by atoms with Gasteiger partial charge < -0.3 is 9.47 Å². The van der Waals surface area contributed by atoms with Crippen molar-refractivity contribution in [3.63, 3.8) is 0 Å². The Hall–Kier alpha value is -2.36. The van der Waals surface area contributed by atoms with Crippen LogP contribution < -0.4 is 9.47 Å². The molecule has 2 aromatic rings. The molecule has 1 aromatic heterocycles. The quantitative estimate of drug-likeness (QED) is 0.202. The van der Waals surface area contributed by atoms with Crippen LogP contribution in [0.1, 0.15) is 85.0 Å². The van der Waals surface area contributed by atoms with Crippen LogP contribution in [0.25, 0.3) is 11.4 Å². The van der Waals surface area contributed by atoms with Crippen LogP contribution in [0.2, 0.25) is 0 Å². The minimum absolute atomic E-state index is 0.693. The van der Waals surface area contributed by atoms with Crippen molar-refractivity contribution in [2.45, 2.75) is 85.0 Å². The molecule has 0 saturated carbocycles. The maximum atomic E-state index is 5.78. The van der Waals surface area contributed by atoms with Crippen LogP contribution in [-0.2, 0) is 0 Å². The van der Waals surface area contributed by atoms with Gasteiger partial charge in [0.2, 0.25) is 0 Å². The fourth-order valence-electron chi connectivity index (χ4n) is 3.27. The molecule has 170 valence electrons. The van der Waals surface area contributed by atoms with E-state index in [-0.39, 0.29) is 0 Å². The number of rotatable bonds is 16. The van der Waals surface area contributed by atoms with Crippen LogP contribution in [0.5, 0.6) is 11.5 Å². The van der Waals surface area contributed by atoms with E-state index in [1.54, 1.807) is 18.7 Å². The van der Waals surface area contributed by atoms with Crippen LogP contribution >= 0.6 is 0 Å². The third-order valence-electron chi connectivity index (χ3n) is 5.57. The molecule has 31 heavy (non-hydrogen) atoms. The summed E-state index contributed by atoms with van der Waals surface area (Å²) >= 11 is 0. The first-order valence-electron chi connectivity index (χ1n) is 12.1. The highest BCUT2D eigenvalue weighted by atomic mass is 16.5. The second kappa shape index (κ2) is 15.4. The molecule has 0 fully saturated rings. The number of hydrogen-bond acceptors (Lipinski definition) is 4. The topological polar surface area (TPSA) is 44.2 Å². The highest BCUT2D eigenvalue weighted by Gasteiger charge is 2.03. The first-order chi connectivity index (χ1) is 15.2. The van der Waals surface area contributed by atoms with Gasteiger partial charge in [0, 0.05) is 5.56 Å². The lowest BCUT2D eigenvalue weighted by molar-refractivity contribution is 0.300. The summed E-state index contributed by atoms with van der Waals surface area (Å²) in [6.07, 6.45) is 19.7. The third kappa shape index (κ3) is 10.5. The van der Waals surface area contributed by atoms with Crippen molar-refractivity contribution >= 4 is 0 Å². The molecular formula is C27H40N2O2. The normalized spacial score (nSPS) is 12.2. The van der Waals surface area contributed by atoms with Crippen LogP contribution in [-0.4, -0.2) is 16.6 Å². The molecule has 0 spiro atoms. The number of allylic oxidation sites excluding steroid dienone is 1. The lowest BCUT2D eigenvalue weighted by Gasteiger charge is -2.08. The third-order valence-corrected chi connectivity index (χ3v) is 5.57. The monoisotopic (exact) mass is 424 g/mol. The van der Waals surface area contributed by atoms with Gasteiger partial charge in [0.15, 0.2) is 11.6 Å². The molecule has 0 unspecified atom stereocenters. The van der Waals surface area contributed by atoms with E-state index < -0.39 is 0 Å². The molecule has 4 heteroatoms. The van der Waals surface area contributed by atoms with E-state index in [0.717, 1.165) is 42.4 Å². The molecule has 0 amide bonds. The van der Waals surface area contributed by atoms with Gasteiger partial charge in [-0.15, -0.1) is 0 Å². The number of aromatic nitrogens is 2. The Morgan fingerprint density at radius 2 is 1.61 bits per heavy atom. The van der Waals surface area contributed by atoms with E-state index in [1.165, 1.54) is 51.4 Å². The fraction of sp³-hybridized carbons (Fsp3) is 0.556. The highest BCUT2D eigenvalue weighted by molar-refractivity contribution is 5.56. The molecule has 0 aliphatic carbocycles. The first kappa shape index (κ1) is 24.9. The zero-order chi connectivity index (χ0) is 22.2. The van der Waals surface area contributed by atoms with Crippen molar-refractivity contribution in [3.8, 4) is 22.9 Å². The second-order valence-corrected chi connectivity index (χ2v) is 8.32. The molecule has 0 aliphatic rings. The van der Waals surface area contributed by atoms with Gasteiger partial charge in [0.25, 0.3) is 0 Å². The predicted octanol–water partition coefficient (Wildman–Crippen LogP) is 7.99. The number of nitrogens with zero attached hydrogens (tertiary/aromatic N) is 2. The molecular weight excluding hydrogens is 384 g/mol. The number of unbranched alkanes of at least 4 members (excludes halogenated alkanes) is 6. The summed E-state index contributed by atoms with van der Waals surface area (Å²) in [6.45, 7) is 7.53. The molecule has 1 heterocycles. The largest absolute Gasteiger partial charge is 0.490 e. The van der Waals surface area contributed by atoms with Crippen molar-refractivity contribution < 1.29 is 9.47 Å². The van der Waals surface area contributed by atoms with Crippen LogP contribution in [0.3, 0.4) is 0 Å². The first-order valence-corrected chi connectivity index (χ1v) is 12.1. The number of benzene rings is 1. The van der Waals surface area contributed by atoms with E-state index in [4.69, 9.17) is 9.47 Å². The number of hydrogen-bond donors (Lipinski definition) is 0. The summed E-state index contributed by atoms with van der Waals surface area (Å²) in [6, 6.07) is 7.86. The Morgan fingerprint density at radius 1 is 0.871 bits per heavy atom. The maximum Gasteiger partial charge on any atom is 0.159 e. The van der Waals surface area contributed by atoms with Crippen molar-refractivity contribution in [1.82, 2.24) is 9.97 Å². The smallest absolute Gasteiger partial charge is 0.159 e. The van der Waals surface area contributed by atoms with Crippen molar-refractivity contribution in [1.29, 1.82) is 0 Å². The average molecular weight is 425 g/mol. The average Bonchev–Trinajstić information content (AvgIpc) is 2.81. The lowest BCUT2D eigenvalue weighted by atomic mass is 10.0. The summed E-state index contributed by atoms with van der Waals surface area (Å²) in [4.78, 5) is 8.90. The maximum absolute atomic E-state index is 5.78. The van der Waals surface area contributed by atoms with Crippen LogP contribution in [0.4, 0.5) is 0 Å². The van der Waals surface area contributed by atoms with Gasteiger partial charge in [0.05, 0.1) is 25.3 Å². The van der Waals surface area contributed by atoms with Crippen molar-refractivity contribution in [2.24, 2.45) is 5.92 Å². The Labute approximate surface area is 189 Å². The molecule has 4 nitrogen and oxygen atoms in total. The zero-order valence-electron chi connectivity index (χ0n) is 19.7. The molecule has 0 bridgehead atoms. The van der Waals surface area contributed by atoms with E-state index in [1.807, 2.05) is 24.3 Å². The summed E-state index contributed by atoms with van der Waals surface area (Å²) in [5.41, 5.74) is 0.965. The molecule has 0 aliphatic heterocycles. The molecule has 0 N–H and O–H groups in total. The van der Waals surface area contributed by atoms with Gasteiger partial charge in [-0.25, -0.2) is 9.97 Å². The Bertz CT molecular complexity index is 726. The zero-order valence-corrected chi connectivity index (χ0v) is 19.7. The predicted molar refractivity (Wildman–Crippen MR) is 129 cm³/mol. The van der Waals surface area contributed by atoms with Crippen molar-refractivity contribution in [3.05, 3.63) is 49.0 Å². The Balaban J connectivity index is 1.69. The Kier molecular flexibility index (Phi) is 12.4. The molecule has 1 aromatic carbocycles. The molecule has 0 radical (unpaired) electrons. The number of ether oxygens (including phenoxy) is 2. The van der Waals surface area contributed by atoms with Gasteiger partial charge in [-0.05, 0) is 55.5 Å². The molecule has 0 saturated heterocycles. The summed E-state index contributed by atoms with van der Waals surface area (Å²) in [5.74, 6) is 3.08. The van der Waals surface area contributed by atoms with Gasteiger partial charge in [-0.3, -0.25) is 0 Å². The molecule has 1 atom stereocenters. The van der Waals surface area contributed by atoms with E-state index >= 15 is 0 Å². The molecule has 2 rings (SSSR count). The minimum atomic E-state index is 0.693.